The number of thiocarbonyl (C=S) groups is 1. The first-order chi connectivity index (χ1) is 14.2. The molecule has 1 heterocycles. The average Bonchev–Trinajstić information content (AvgIpc) is 3.15. The molecule has 162 valence electrons. The Labute approximate surface area is 182 Å². The summed E-state index contributed by atoms with van der Waals surface area (Å²) in [5.41, 5.74) is 6.07. The largest absolute Gasteiger partial charge is 0.458 e. The van der Waals surface area contributed by atoms with Crippen LogP contribution < -0.4 is 5.73 Å². The van der Waals surface area contributed by atoms with E-state index in [1.165, 1.54) is 19.2 Å². The van der Waals surface area contributed by atoms with Crippen LogP contribution in [0.2, 0.25) is 0 Å². The Morgan fingerprint density at radius 2 is 2.07 bits per heavy atom. The van der Waals surface area contributed by atoms with Crippen molar-refractivity contribution in [3.8, 4) is 0 Å². The van der Waals surface area contributed by atoms with Gasteiger partial charge in [-0.3, -0.25) is 4.79 Å². The summed E-state index contributed by atoms with van der Waals surface area (Å²) in [6, 6.07) is 7.95. The lowest BCUT2D eigenvalue weighted by atomic mass is 9.78. The molecule has 2 atom stereocenters. The maximum atomic E-state index is 12.7. The molecular formula is C20H26N4O4S2. The number of nitrogens with zero attached hydrogens (tertiary/aromatic N) is 3. The summed E-state index contributed by atoms with van der Waals surface area (Å²) < 4.78 is 34.0. The van der Waals surface area contributed by atoms with E-state index >= 15 is 0 Å². The van der Waals surface area contributed by atoms with Gasteiger partial charge >= 0.3 is 5.97 Å². The number of hydrogen-bond acceptors (Lipinski definition) is 6. The van der Waals surface area contributed by atoms with Crippen LogP contribution >= 0.6 is 12.2 Å². The number of carbonyl (C=O) groups excluding carboxylic acids is 1. The molecule has 2 aromatic rings. The third kappa shape index (κ3) is 4.26. The summed E-state index contributed by atoms with van der Waals surface area (Å²) in [4.78, 5) is 17.3. The molecular weight excluding hydrogens is 424 g/mol. The highest BCUT2D eigenvalue weighted by molar-refractivity contribution is 7.89. The molecule has 10 heteroatoms. The first-order valence-electron chi connectivity index (χ1n) is 9.70. The number of imidazole rings is 1. The number of aryl methyl sites for hydroxylation is 1. The molecule has 0 amide bonds. The highest BCUT2D eigenvalue weighted by atomic mass is 32.2. The van der Waals surface area contributed by atoms with Gasteiger partial charge in [0.25, 0.3) is 0 Å². The molecule has 1 saturated carbocycles. The quantitative estimate of drug-likeness (QED) is 0.508. The van der Waals surface area contributed by atoms with Gasteiger partial charge in [0.1, 0.15) is 23.2 Å². The van der Waals surface area contributed by atoms with E-state index in [-0.39, 0.29) is 9.88 Å². The Hall–Kier alpha value is -2.30. The zero-order valence-electron chi connectivity index (χ0n) is 17.0. The summed E-state index contributed by atoms with van der Waals surface area (Å²) in [5, 5.41) is 0. The number of nitrogens with two attached hydrogens (primary N) is 1. The summed E-state index contributed by atoms with van der Waals surface area (Å²) >= 11 is 5.39. The van der Waals surface area contributed by atoms with Crippen LogP contribution in [0.25, 0.3) is 0 Å². The van der Waals surface area contributed by atoms with Gasteiger partial charge in [0, 0.05) is 13.2 Å². The smallest absolute Gasteiger partial charge is 0.321 e. The van der Waals surface area contributed by atoms with Gasteiger partial charge in [0.15, 0.2) is 0 Å². The van der Waals surface area contributed by atoms with Crippen molar-refractivity contribution in [3.63, 3.8) is 0 Å². The Morgan fingerprint density at radius 3 is 2.67 bits per heavy atom. The monoisotopic (exact) mass is 450 g/mol. The molecule has 2 N–H and O–H groups in total. The van der Waals surface area contributed by atoms with E-state index in [9.17, 15) is 13.2 Å². The highest BCUT2D eigenvalue weighted by Crippen LogP contribution is 2.38. The minimum atomic E-state index is -3.80. The van der Waals surface area contributed by atoms with E-state index in [0.29, 0.717) is 12.8 Å². The molecule has 0 spiro atoms. The third-order valence-corrected chi connectivity index (χ3v) is 7.65. The normalized spacial score (nSPS) is 22.0. The molecule has 1 aliphatic rings. The standard InChI is InChI=1S/C20H26N4O4S2/c1-15-12-24(14-22-15)20(19(21)29)11-7-6-10-17(20)28-18(25)13-23(2)30(26,27)16-8-4-3-5-9-16/h3-5,8-9,12,14,17H,6-7,10-11,13H2,1-2H3,(H2,21,29). The number of benzene rings is 1. The zero-order chi connectivity index (χ0) is 21.9. The molecule has 1 aliphatic carbocycles. The summed E-state index contributed by atoms with van der Waals surface area (Å²) in [7, 11) is -2.45. The molecule has 3 rings (SSSR count). The van der Waals surface area contributed by atoms with Gasteiger partial charge in [0.05, 0.1) is 16.9 Å². The van der Waals surface area contributed by atoms with E-state index in [0.717, 1.165) is 22.8 Å². The molecule has 0 aliphatic heterocycles. The van der Waals surface area contributed by atoms with Crippen molar-refractivity contribution in [2.24, 2.45) is 5.73 Å². The number of ether oxygens (including phenoxy) is 1. The summed E-state index contributed by atoms with van der Waals surface area (Å²) in [5.74, 6) is -0.652. The van der Waals surface area contributed by atoms with E-state index < -0.39 is 34.2 Å². The molecule has 0 bridgehead atoms. The van der Waals surface area contributed by atoms with E-state index in [1.807, 2.05) is 17.7 Å². The van der Waals surface area contributed by atoms with Crippen molar-refractivity contribution in [2.45, 2.75) is 49.1 Å². The van der Waals surface area contributed by atoms with Crippen LogP contribution in [0.15, 0.2) is 47.8 Å². The van der Waals surface area contributed by atoms with Gasteiger partial charge in [-0.05, 0) is 38.3 Å². The molecule has 30 heavy (non-hydrogen) atoms. The summed E-state index contributed by atoms with van der Waals surface area (Å²) in [6.45, 7) is 1.45. The number of likely N-dealkylation sites (N-methyl/N-ethyl adjacent to an activating group) is 1. The fraction of sp³-hybridized carbons (Fsp3) is 0.450. The number of esters is 1. The van der Waals surface area contributed by atoms with E-state index in [1.54, 1.807) is 24.5 Å². The molecule has 0 radical (unpaired) electrons. The fourth-order valence-corrected chi connectivity index (χ4v) is 5.33. The minimum Gasteiger partial charge on any atom is -0.458 e. The number of rotatable bonds is 7. The zero-order valence-corrected chi connectivity index (χ0v) is 18.7. The Morgan fingerprint density at radius 1 is 1.37 bits per heavy atom. The third-order valence-electron chi connectivity index (χ3n) is 5.48. The molecule has 8 nitrogen and oxygen atoms in total. The van der Waals surface area contributed by atoms with Gasteiger partial charge in [-0.1, -0.05) is 36.8 Å². The van der Waals surface area contributed by atoms with Crippen LogP contribution in [-0.4, -0.2) is 52.9 Å². The maximum absolute atomic E-state index is 12.7. The second kappa shape index (κ2) is 8.83. The Bertz CT molecular complexity index is 1020. The average molecular weight is 451 g/mol. The lowest BCUT2D eigenvalue weighted by Gasteiger charge is -2.43. The fourth-order valence-electron chi connectivity index (χ4n) is 3.86. The number of hydrogen-bond donors (Lipinski definition) is 1. The van der Waals surface area contributed by atoms with Crippen LogP contribution in [0, 0.1) is 6.92 Å². The van der Waals surface area contributed by atoms with Crippen LogP contribution in [-0.2, 0) is 25.1 Å². The van der Waals surface area contributed by atoms with Crippen LogP contribution in [0.1, 0.15) is 31.4 Å². The lowest BCUT2D eigenvalue weighted by molar-refractivity contribution is -0.155. The number of sulfonamides is 1. The first-order valence-corrected chi connectivity index (χ1v) is 11.5. The topological polar surface area (TPSA) is 108 Å². The van der Waals surface area contributed by atoms with Gasteiger partial charge in [-0.2, -0.15) is 4.31 Å². The van der Waals surface area contributed by atoms with Crippen LogP contribution in [0.4, 0.5) is 0 Å². The van der Waals surface area contributed by atoms with Gasteiger partial charge < -0.3 is 15.0 Å². The number of carbonyl (C=O) groups is 1. The maximum Gasteiger partial charge on any atom is 0.321 e. The molecule has 1 aromatic heterocycles. The first kappa shape index (κ1) is 22.4. The molecule has 1 aromatic carbocycles. The van der Waals surface area contributed by atoms with Crippen LogP contribution in [0.3, 0.4) is 0 Å². The second-order valence-corrected chi connectivity index (χ2v) is 9.99. The predicted molar refractivity (Wildman–Crippen MR) is 116 cm³/mol. The minimum absolute atomic E-state index is 0.115. The predicted octanol–water partition coefficient (Wildman–Crippen LogP) is 1.98. The van der Waals surface area contributed by atoms with E-state index in [4.69, 9.17) is 22.7 Å². The van der Waals surface area contributed by atoms with Gasteiger partial charge in [0.2, 0.25) is 10.0 Å². The summed E-state index contributed by atoms with van der Waals surface area (Å²) in [6.07, 6.45) is 5.81. The van der Waals surface area contributed by atoms with Crippen molar-refractivity contribution in [1.82, 2.24) is 13.9 Å². The number of aromatic nitrogens is 2. The molecule has 0 saturated heterocycles. The SMILES string of the molecule is Cc1cn(C2(C(N)=S)CCCCC2OC(=O)CN(C)S(=O)(=O)c2ccccc2)cn1. The lowest BCUT2D eigenvalue weighted by Crippen LogP contribution is -2.57. The van der Waals surface area contributed by atoms with Crippen molar-refractivity contribution < 1.29 is 17.9 Å². The molecule has 2 unspecified atom stereocenters. The van der Waals surface area contributed by atoms with Crippen molar-refractivity contribution in [2.75, 3.05) is 13.6 Å². The van der Waals surface area contributed by atoms with E-state index in [2.05, 4.69) is 4.98 Å². The highest BCUT2D eigenvalue weighted by Gasteiger charge is 2.47. The van der Waals surface area contributed by atoms with Crippen LogP contribution in [0.5, 0.6) is 0 Å². The molecule has 1 fully saturated rings. The van der Waals surface area contributed by atoms with Crippen molar-refractivity contribution in [3.05, 3.63) is 48.5 Å². The van der Waals surface area contributed by atoms with Crippen molar-refractivity contribution in [1.29, 1.82) is 0 Å². The van der Waals surface area contributed by atoms with Gasteiger partial charge in [-0.25, -0.2) is 13.4 Å². The second-order valence-electron chi connectivity index (χ2n) is 7.51. The van der Waals surface area contributed by atoms with Crippen molar-refractivity contribution >= 4 is 33.2 Å². The Balaban J connectivity index is 1.79. The van der Waals surface area contributed by atoms with Gasteiger partial charge in [-0.15, -0.1) is 0 Å². The Kier molecular flexibility index (Phi) is 6.59.